The highest BCUT2D eigenvalue weighted by molar-refractivity contribution is 5.95. The van der Waals surface area contributed by atoms with Gasteiger partial charge in [0.2, 0.25) is 5.91 Å². The van der Waals surface area contributed by atoms with E-state index < -0.39 is 30.3 Å². The zero-order chi connectivity index (χ0) is 20.6. The molecule has 0 unspecified atom stereocenters. The van der Waals surface area contributed by atoms with E-state index in [-0.39, 0.29) is 0 Å². The van der Waals surface area contributed by atoms with Crippen LogP contribution in [0.4, 0.5) is 5.69 Å². The van der Waals surface area contributed by atoms with Gasteiger partial charge in [-0.25, -0.2) is 0 Å². The van der Waals surface area contributed by atoms with E-state index in [4.69, 9.17) is 10.5 Å². The Labute approximate surface area is 168 Å². The van der Waals surface area contributed by atoms with Crippen LogP contribution >= 0.6 is 0 Å². The van der Waals surface area contributed by atoms with Crippen molar-refractivity contribution in [2.24, 2.45) is 5.73 Å². The molecule has 0 aliphatic rings. The van der Waals surface area contributed by atoms with Gasteiger partial charge in [-0.1, -0.05) is 60.7 Å². The molecule has 0 saturated carbocycles. The van der Waals surface area contributed by atoms with Crippen LogP contribution in [0, 0.1) is 0 Å². The van der Waals surface area contributed by atoms with Crippen molar-refractivity contribution in [2.75, 3.05) is 11.9 Å². The molecule has 0 bridgehead atoms. The van der Waals surface area contributed by atoms with Gasteiger partial charge in [0.25, 0.3) is 5.91 Å². The van der Waals surface area contributed by atoms with Crippen molar-refractivity contribution in [3.8, 4) is 0 Å². The molecule has 3 N–H and O–H groups in total. The number of benzene rings is 3. The van der Waals surface area contributed by atoms with Gasteiger partial charge in [0.05, 0.1) is 0 Å². The van der Waals surface area contributed by atoms with E-state index in [0.29, 0.717) is 11.3 Å². The van der Waals surface area contributed by atoms with Crippen LogP contribution in [-0.2, 0) is 14.3 Å². The Bertz CT molecular complexity index is 947. The molecule has 29 heavy (non-hydrogen) atoms. The van der Waals surface area contributed by atoms with Crippen molar-refractivity contribution >= 4 is 23.5 Å². The first-order valence-electron chi connectivity index (χ1n) is 9.01. The van der Waals surface area contributed by atoms with E-state index in [1.54, 1.807) is 12.1 Å². The second kappa shape index (κ2) is 9.32. The topological polar surface area (TPSA) is 98.5 Å². The average molecular weight is 388 g/mol. The van der Waals surface area contributed by atoms with Crippen molar-refractivity contribution < 1.29 is 19.1 Å². The summed E-state index contributed by atoms with van der Waals surface area (Å²) in [6.45, 7) is -0.424. The third-order valence-electron chi connectivity index (χ3n) is 4.30. The first-order valence-corrected chi connectivity index (χ1v) is 9.01. The number of hydrogen-bond acceptors (Lipinski definition) is 4. The van der Waals surface area contributed by atoms with Gasteiger partial charge < -0.3 is 15.8 Å². The number of primary amides is 1. The molecule has 3 aromatic carbocycles. The lowest BCUT2D eigenvalue weighted by Crippen LogP contribution is -2.24. The summed E-state index contributed by atoms with van der Waals surface area (Å²) in [4.78, 5) is 36.0. The Morgan fingerprint density at radius 3 is 1.79 bits per heavy atom. The van der Waals surface area contributed by atoms with Gasteiger partial charge in [0.1, 0.15) is 5.92 Å². The second-order valence-electron chi connectivity index (χ2n) is 6.35. The van der Waals surface area contributed by atoms with Gasteiger partial charge in [0, 0.05) is 11.3 Å². The number of carbonyl (C=O) groups excluding carboxylic acids is 3. The number of amides is 2. The van der Waals surface area contributed by atoms with Crippen molar-refractivity contribution in [3.05, 3.63) is 102 Å². The van der Waals surface area contributed by atoms with Crippen LogP contribution < -0.4 is 11.1 Å². The highest BCUT2D eigenvalue weighted by Crippen LogP contribution is 2.25. The number of nitrogens with one attached hydrogen (secondary N) is 1. The molecule has 0 aliphatic heterocycles. The maximum absolute atomic E-state index is 12.8. The second-order valence-corrected chi connectivity index (χ2v) is 6.35. The van der Waals surface area contributed by atoms with Crippen molar-refractivity contribution in [1.82, 2.24) is 0 Å². The summed E-state index contributed by atoms with van der Waals surface area (Å²) in [5.74, 6) is -2.17. The summed E-state index contributed by atoms with van der Waals surface area (Å²) < 4.78 is 5.28. The maximum atomic E-state index is 12.8. The first kappa shape index (κ1) is 19.8. The number of nitrogens with two attached hydrogens (primary N) is 1. The standard InChI is InChI=1S/C23H20N2O4/c24-22(27)18-11-13-19(14-12-18)25-20(26)15-29-23(28)21(16-7-3-1-4-8-16)17-9-5-2-6-10-17/h1-14,21H,15H2,(H2,24,27)(H,25,26). The van der Waals surface area contributed by atoms with E-state index in [1.165, 1.54) is 12.1 Å². The largest absolute Gasteiger partial charge is 0.455 e. The molecular weight excluding hydrogens is 368 g/mol. The number of anilines is 1. The Morgan fingerprint density at radius 2 is 1.31 bits per heavy atom. The van der Waals surface area contributed by atoms with Crippen molar-refractivity contribution in [1.29, 1.82) is 0 Å². The van der Waals surface area contributed by atoms with E-state index in [1.807, 2.05) is 60.7 Å². The quantitative estimate of drug-likeness (QED) is 0.608. The predicted molar refractivity (Wildman–Crippen MR) is 109 cm³/mol. The Kier molecular flexibility index (Phi) is 6.37. The highest BCUT2D eigenvalue weighted by atomic mass is 16.5. The molecule has 0 saturated heterocycles. The summed E-state index contributed by atoms with van der Waals surface area (Å²) in [6.07, 6.45) is 0. The van der Waals surface area contributed by atoms with Crippen LogP contribution in [0.5, 0.6) is 0 Å². The summed E-state index contributed by atoms with van der Waals surface area (Å²) in [5.41, 5.74) is 7.56. The lowest BCUT2D eigenvalue weighted by molar-refractivity contribution is -0.147. The van der Waals surface area contributed by atoms with E-state index in [0.717, 1.165) is 11.1 Å². The van der Waals surface area contributed by atoms with Crippen LogP contribution in [0.2, 0.25) is 0 Å². The molecule has 3 aromatic rings. The van der Waals surface area contributed by atoms with Gasteiger partial charge in [0.15, 0.2) is 6.61 Å². The third kappa shape index (κ3) is 5.29. The molecule has 6 nitrogen and oxygen atoms in total. The van der Waals surface area contributed by atoms with Crippen LogP contribution in [0.1, 0.15) is 27.4 Å². The minimum absolute atomic E-state index is 0.336. The Morgan fingerprint density at radius 1 is 0.793 bits per heavy atom. The predicted octanol–water partition coefficient (Wildman–Crippen LogP) is 3.10. The maximum Gasteiger partial charge on any atom is 0.318 e. The lowest BCUT2D eigenvalue weighted by atomic mass is 9.91. The van der Waals surface area contributed by atoms with Gasteiger partial charge in [-0.3, -0.25) is 14.4 Å². The smallest absolute Gasteiger partial charge is 0.318 e. The van der Waals surface area contributed by atoms with E-state index in [9.17, 15) is 14.4 Å². The van der Waals surface area contributed by atoms with Crippen LogP contribution in [0.15, 0.2) is 84.9 Å². The average Bonchev–Trinajstić information content (AvgIpc) is 2.74. The fourth-order valence-electron chi connectivity index (χ4n) is 2.89. The SMILES string of the molecule is NC(=O)c1ccc(NC(=O)COC(=O)C(c2ccccc2)c2ccccc2)cc1. The third-order valence-corrected chi connectivity index (χ3v) is 4.30. The van der Waals surface area contributed by atoms with Crippen LogP contribution in [0.25, 0.3) is 0 Å². The Balaban J connectivity index is 1.65. The zero-order valence-corrected chi connectivity index (χ0v) is 15.6. The zero-order valence-electron chi connectivity index (χ0n) is 15.6. The fourth-order valence-corrected chi connectivity index (χ4v) is 2.89. The summed E-state index contributed by atoms with van der Waals surface area (Å²) in [5, 5.41) is 2.61. The minimum atomic E-state index is -0.625. The number of esters is 1. The molecule has 146 valence electrons. The molecule has 0 aliphatic carbocycles. The summed E-state index contributed by atoms with van der Waals surface area (Å²) in [6, 6.07) is 24.6. The number of carbonyl (C=O) groups is 3. The van der Waals surface area contributed by atoms with E-state index in [2.05, 4.69) is 5.32 Å². The molecule has 0 aromatic heterocycles. The molecule has 0 heterocycles. The lowest BCUT2D eigenvalue weighted by Gasteiger charge is -2.17. The van der Waals surface area contributed by atoms with Crippen molar-refractivity contribution in [2.45, 2.75) is 5.92 Å². The molecular formula is C23H20N2O4. The fraction of sp³-hybridized carbons (Fsp3) is 0.0870. The van der Waals surface area contributed by atoms with Gasteiger partial charge in [-0.15, -0.1) is 0 Å². The molecule has 0 fully saturated rings. The monoisotopic (exact) mass is 388 g/mol. The molecule has 2 amide bonds. The molecule has 0 atom stereocenters. The van der Waals surface area contributed by atoms with Gasteiger partial charge >= 0.3 is 5.97 Å². The van der Waals surface area contributed by atoms with Gasteiger partial charge in [-0.05, 0) is 35.4 Å². The number of ether oxygens (including phenoxy) is 1. The number of rotatable bonds is 7. The molecule has 3 rings (SSSR count). The minimum Gasteiger partial charge on any atom is -0.455 e. The number of hydrogen-bond donors (Lipinski definition) is 2. The van der Waals surface area contributed by atoms with Gasteiger partial charge in [-0.2, -0.15) is 0 Å². The highest BCUT2D eigenvalue weighted by Gasteiger charge is 2.24. The van der Waals surface area contributed by atoms with Crippen molar-refractivity contribution in [3.63, 3.8) is 0 Å². The van der Waals surface area contributed by atoms with E-state index >= 15 is 0 Å². The van der Waals surface area contributed by atoms with Crippen LogP contribution in [-0.4, -0.2) is 24.4 Å². The normalized spacial score (nSPS) is 10.4. The summed E-state index contributed by atoms with van der Waals surface area (Å²) in [7, 11) is 0. The Hall–Kier alpha value is -3.93. The molecule has 0 spiro atoms. The molecule has 6 heteroatoms. The summed E-state index contributed by atoms with van der Waals surface area (Å²) >= 11 is 0. The first-order chi connectivity index (χ1) is 14.0. The van der Waals surface area contributed by atoms with Crippen LogP contribution in [0.3, 0.4) is 0 Å². The molecule has 0 radical (unpaired) electrons.